The van der Waals surface area contributed by atoms with Gasteiger partial charge in [0.05, 0.1) is 13.3 Å². The van der Waals surface area contributed by atoms with Gasteiger partial charge >= 0.3 is 5.97 Å². The lowest BCUT2D eigenvalue weighted by Crippen LogP contribution is -2.06. The van der Waals surface area contributed by atoms with Gasteiger partial charge in [-0.3, -0.25) is 4.68 Å². The molecule has 0 unspecified atom stereocenters. The SMILES string of the molecule is COC(=O)c1cnc(NCCc2ncn(C)n2)s1. The van der Waals surface area contributed by atoms with E-state index in [9.17, 15) is 4.79 Å². The largest absolute Gasteiger partial charge is 0.465 e. The minimum atomic E-state index is -0.369. The Bertz CT molecular complexity index is 536. The number of ether oxygens (including phenoxy) is 1. The highest BCUT2D eigenvalue weighted by molar-refractivity contribution is 7.17. The first-order valence-electron chi connectivity index (χ1n) is 5.31. The number of hydrogen-bond acceptors (Lipinski definition) is 7. The number of carbonyl (C=O) groups excluding carboxylic acids is 1. The number of rotatable bonds is 5. The Morgan fingerprint density at radius 3 is 3.06 bits per heavy atom. The molecule has 8 heteroatoms. The summed E-state index contributed by atoms with van der Waals surface area (Å²) >= 11 is 1.26. The average molecular weight is 267 g/mol. The van der Waals surface area contributed by atoms with Gasteiger partial charge in [-0.2, -0.15) is 5.10 Å². The number of carbonyl (C=O) groups is 1. The Balaban J connectivity index is 1.83. The Labute approximate surface area is 108 Å². The van der Waals surface area contributed by atoms with Crippen molar-refractivity contribution in [3.8, 4) is 0 Å². The monoisotopic (exact) mass is 267 g/mol. The minimum Gasteiger partial charge on any atom is -0.465 e. The van der Waals surface area contributed by atoms with Gasteiger partial charge in [-0.1, -0.05) is 11.3 Å². The Morgan fingerprint density at radius 1 is 1.56 bits per heavy atom. The van der Waals surface area contributed by atoms with Crippen LogP contribution in [0.1, 0.15) is 15.5 Å². The number of esters is 1. The van der Waals surface area contributed by atoms with Crippen LogP contribution in [0.25, 0.3) is 0 Å². The standard InChI is InChI=1S/C10H13N5O2S/c1-15-6-13-8(14-15)3-4-11-10-12-5-7(18-10)9(16)17-2/h5-6H,3-4H2,1-2H3,(H,11,12). The van der Waals surface area contributed by atoms with Crippen molar-refractivity contribution in [1.82, 2.24) is 19.7 Å². The normalized spacial score (nSPS) is 10.3. The molecule has 0 saturated carbocycles. The van der Waals surface area contributed by atoms with Crippen LogP contribution in [-0.4, -0.2) is 39.4 Å². The molecule has 0 aromatic carbocycles. The predicted octanol–water partition coefficient (Wildman–Crippen LogP) is 0.713. The van der Waals surface area contributed by atoms with E-state index in [1.54, 1.807) is 11.0 Å². The maximum Gasteiger partial charge on any atom is 0.349 e. The van der Waals surface area contributed by atoms with Gasteiger partial charge in [0.2, 0.25) is 0 Å². The molecule has 0 bridgehead atoms. The van der Waals surface area contributed by atoms with E-state index in [1.807, 2.05) is 7.05 Å². The van der Waals surface area contributed by atoms with Gasteiger partial charge in [-0.25, -0.2) is 14.8 Å². The summed E-state index contributed by atoms with van der Waals surface area (Å²) in [5.41, 5.74) is 0. The molecule has 0 fully saturated rings. The number of hydrogen-bond donors (Lipinski definition) is 1. The van der Waals surface area contributed by atoms with E-state index in [0.29, 0.717) is 23.0 Å². The molecule has 96 valence electrons. The van der Waals surface area contributed by atoms with Crippen molar-refractivity contribution in [2.45, 2.75) is 6.42 Å². The van der Waals surface area contributed by atoms with Crippen LogP contribution in [0.5, 0.6) is 0 Å². The Kier molecular flexibility index (Phi) is 3.88. The first-order chi connectivity index (χ1) is 8.69. The molecule has 0 atom stereocenters. The van der Waals surface area contributed by atoms with Gasteiger partial charge < -0.3 is 10.1 Å². The van der Waals surface area contributed by atoms with E-state index in [0.717, 1.165) is 5.82 Å². The lowest BCUT2D eigenvalue weighted by Gasteiger charge is -1.98. The first kappa shape index (κ1) is 12.5. The van der Waals surface area contributed by atoms with Crippen molar-refractivity contribution < 1.29 is 9.53 Å². The summed E-state index contributed by atoms with van der Waals surface area (Å²) in [4.78, 5) is 19.9. The molecule has 0 amide bonds. The van der Waals surface area contributed by atoms with E-state index < -0.39 is 0 Å². The fourth-order valence-electron chi connectivity index (χ4n) is 1.33. The van der Waals surface area contributed by atoms with E-state index in [4.69, 9.17) is 0 Å². The fourth-order valence-corrected chi connectivity index (χ4v) is 2.09. The van der Waals surface area contributed by atoms with E-state index >= 15 is 0 Å². The highest BCUT2D eigenvalue weighted by Gasteiger charge is 2.10. The second-order valence-corrected chi connectivity index (χ2v) is 4.56. The smallest absolute Gasteiger partial charge is 0.349 e. The molecule has 2 heterocycles. The van der Waals surface area contributed by atoms with Crippen LogP contribution in [0.15, 0.2) is 12.5 Å². The molecule has 0 radical (unpaired) electrons. The zero-order valence-electron chi connectivity index (χ0n) is 10.1. The quantitative estimate of drug-likeness (QED) is 0.804. The number of aromatic nitrogens is 4. The molecule has 2 aromatic rings. The molecule has 2 rings (SSSR count). The number of thiazole rings is 1. The minimum absolute atomic E-state index is 0.369. The summed E-state index contributed by atoms with van der Waals surface area (Å²) in [5, 5.41) is 7.96. The molecular formula is C10H13N5O2S. The second kappa shape index (κ2) is 5.58. The topological polar surface area (TPSA) is 81.9 Å². The van der Waals surface area contributed by atoms with Crippen LogP contribution >= 0.6 is 11.3 Å². The fraction of sp³-hybridized carbons (Fsp3) is 0.400. The summed E-state index contributed by atoms with van der Waals surface area (Å²) in [7, 11) is 3.18. The molecule has 0 aliphatic carbocycles. The van der Waals surface area contributed by atoms with Crippen LogP contribution in [0.2, 0.25) is 0 Å². The van der Waals surface area contributed by atoms with Gasteiger partial charge in [0, 0.05) is 20.0 Å². The maximum atomic E-state index is 11.2. The zero-order valence-corrected chi connectivity index (χ0v) is 10.9. The molecular weight excluding hydrogens is 254 g/mol. The second-order valence-electron chi connectivity index (χ2n) is 3.53. The van der Waals surface area contributed by atoms with Crippen molar-refractivity contribution in [3.63, 3.8) is 0 Å². The van der Waals surface area contributed by atoms with E-state index in [-0.39, 0.29) is 5.97 Å². The van der Waals surface area contributed by atoms with E-state index in [2.05, 4.69) is 25.1 Å². The van der Waals surface area contributed by atoms with Crippen molar-refractivity contribution in [1.29, 1.82) is 0 Å². The van der Waals surface area contributed by atoms with Gasteiger partial charge in [-0.15, -0.1) is 0 Å². The van der Waals surface area contributed by atoms with E-state index in [1.165, 1.54) is 24.6 Å². The summed E-state index contributed by atoms with van der Waals surface area (Å²) in [6, 6.07) is 0. The molecule has 7 nitrogen and oxygen atoms in total. The van der Waals surface area contributed by atoms with Gasteiger partial charge in [0.1, 0.15) is 11.2 Å². The summed E-state index contributed by atoms with van der Waals surface area (Å²) in [5.74, 6) is 0.404. The third-order valence-corrected chi connectivity index (χ3v) is 3.10. The highest BCUT2D eigenvalue weighted by atomic mass is 32.1. The summed E-state index contributed by atoms with van der Waals surface area (Å²) in [6.45, 7) is 0.665. The third-order valence-electron chi connectivity index (χ3n) is 2.16. The van der Waals surface area contributed by atoms with Gasteiger partial charge in [0.25, 0.3) is 0 Å². The molecule has 1 N–H and O–H groups in total. The third kappa shape index (κ3) is 3.04. The number of nitrogens with zero attached hydrogens (tertiary/aromatic N) is 4. The molecule has 0 saturated heterocycles. The highest BCUT2D eigenvalue weighted by Crippen LogP contribution is 2.18. The van der Waals surface area contributed by atoms with Crippen LogP contribution in [0.3, 0.4) is 0 Å². The predicted molar refractivity (Wildman–Crippen MR) is 66.7 cm³/mol. The van der Waals surface area contributed by atoms with Crippen molar-refractivity contribution >= 4 is 22.4 Å². The molecule has 0 spiro atoms. The first-order valence-corrected chi connectivity index (χ1v) is 6.13. The summed E-state index contributed by atoms with van der Waals surface area (Å²) < 4.78 is 6.27. The Hall–Kier alpha value is -1.96. The van der Waals surface area contributed by atoms with Crippen molar-refractivity contribution in [3.05, 3.63) is 23.2 Å². The number of nitrogens with one attached hydrogen (secondary N) is 1. The van der Waals surface area contributed by atoms with Crippen LogP contribution in [0, 0.1) is 0 Å². The molecule has 0 aliphatic heterocycles. The van der Waals surface area contributed by atoms with Crippen molar-refractivity contribution in [2.24, 2.45) is 7.05 Å². The van der Waals surface area contributed by atoms with Gasteiger partial charge in [0.15, 0.2) is 11.0 Å². The number of anilines is 1. The maximum absolute atomic E-state index is 11.2. The molecule has 0 aliphatic rings. The van der Waals surface area contributed by atoms with Crippen LogP contribution < -0.4 is 5.32 Å². The molecule has 2 aromatic heterocycles. The molecule has 18 heavy (non-hydrogen) atoms. The van der Waals surface area contributed by atoms with Gasteiger partial charge in [-0.05, 0) is 0 Å². The lowest BCUT2D eigenvalue weighted by molar-refractivity contribution is 0.0606. The Morgan fingerprint density at radius 2 is 2.39 bits per heavy atom. The van der Waals surface area contributed by atoms with Crippen LogP contribution in [-0.2, 0) is 18.2 Å². The average Bonchev–Trinajstić information content (AvgIpc) is 2.98. The lowest BCUT2D eigenvalue weighted by atomic mass is 10.4. The van der Waals surface area contributed by atoms with Crippen LogP contribution in [0.4, 0.5) is 5.13 Å². The zero-order chi connectivity index (χ0) is 13.0. The number of aryl methyl sites for hydroxylation is 1. The number of methoxy groups -OCH3 is 1. The summed E-state index contributed by atoms with van der Waals surface area (Å²) in [6.07, 6.45) is 3.86. The van der Waals surface area contributed by atoms with Crippen molar-refractivity contribution in [2.75, 3.05) is 19.0 Å².